The van der Waals surface area contributed by atoms with Crippen LogP contribution in [-0.2, 0) is 0 Å². The van der Waals surface area contributed by atoms with Crippen molar-refractivity contribution in [2.45, 2.75) is 0 Å². The van der Waals surface area contributed by atoms with Crippen LogP contribution in [0.1, 0.15) is 0 Å². The first kappa shape index (κ1) is 15.0. The third-order valence-electron chi connectivity index (χ3n) is 3.62. The fourth-order valence-electron chi connectivity index (χ4n) is 2.49. The van der Waals surface area contributed by atoms with Gasteiger partial charge in [0.25, 0.3) is 0 Å². The molecular formula is C17H11ClN4OS. The van der Waals surface area contributed by atoms with Gasteiger partial charge in [-0.15, -0.1) is 0 Å². The van der Waals surface area contributed by atoms with E-state index < -0.39 is 0 Å². The van der Waals surface area contributed by atoms with Gasteiger partial charge < -0.3 is 4.74 Å². The number of rotatable bonds is 3. The number of pyridine rings is 1. The molecule has 24 heavy (non-hydrogen) atoms. The molecule has 4 aromatic rings. The summed E-state index contributed by atoms with van der Waals surface area (Å²) in [6.07, 6.45) is 1.51. The molecule has 0 aliphatic carbocycles. The molecule has 0 radical (unpaired) electrons. The van der Waals surface area contributed by atoms with Crippen molar-refractivity contribution in [1.82, 2.24) is 19.3 Å². The molecule has 5 nitrogen and oxygen atoms in total. The second-order valence-corrected chi connectivity index (χ2v) is 6.00. The minimum Gasteiger partial charge on any atom is -0.493 e. The number of nitrogens with zero attached hydrogens (tertiary/aromatic N) is 4. The van der Waals surface area contributed by atoms with Crippen LogP contribution in [0.25, 0.3) is 33.5 Å². The summed E-state index contributed by atoms with van der Waals surface area (Å²) in [6, 6.07) is 11.7. The zero-order valence-corrected chi connectivity index (χ0v) is 14.2. The van der Waals surface area contributed by atoms with Crippen molar-refractivity contribution in [3.05, 3.63) is 53.3 Å². The summed E-state index contributed by atoms with van der Waals surface area (Å²) in [5.74, 6) is 0.487. The SMILES string of the molecule is COc1cc2ncnc(-c3csnc3-c3ccccc3)c2nc1Cl. The van der Waals surface area contributed by atoms with Gasteiger partial charge in [0.15, 0.2) is 10.9 Å². The standard InChI is InChI=1S/C17H11ClN4OS/c1-23-13-7-12-16(21-17(13)18)15(20-9-19-12)11-8-24-22-14(11)10-5-3-2-4-6-10/h2-9H,1H3. The van der Waals surface area contributed by atoms with E-state index in [0.29, 0.717) is 22.5 Å². The van der Waals surface area contributed by atoms with Crippen molar-refractivity contribution in [1.29, 1.82) is 0 Å². The average molecular weight is 355 g/mol. The van der Waals surface area contributed by atoms with Crippen LogP contribution in [0.4, 0.5) is 0 Å². The summed E-state index contributed by atoms with van der Waals surface area (Å²) >= 11 is 7.57. The van der Waals surface area contributed by atoms with Crippen LogP contribution in [-0.4, -0.2) is 26.4 Å². The lowest BCUT2D eigenvalue weighted by molar-refractivity contribution is 0.414. The molecule has 0 spiro atoms. The normalized spacial score (nSPS) is 10.9. The minimum atomic E-state index is 0.283. The first-order valence-electron chi connectivity index (χ1n) is 7.13. The lowest BCUT2D eigenvalue weighted by Crippen LogP contribution is -1.95. The first-order valence-corrected chi connectivity index (χ1v) is 8.35. The highest BCUT2D eigenvalue weighted by molar-refractivity contribution is 7.04. The first-order chi connectivity index (χ1) is 11.8. The Bertz CT molecular complexity index is 1020. The van der Waals surface area contributed by atoms with Crippen molar-refractivity contribution in [2.75, 3.05) is 7.11 Å². The average Bonchev–Trinajstić information content (AvgIpc) is 3.11. The minimum absolute atomic E-state index is 0.283. The number of methoxy groups -OCH3 is 1. The fraction of sp³-hybridized carbons (Fsp3) is 0.0588. The summed E-state index contributed by atoms with van der Waals surface area (Å²) in [4.78, 5) is 13.1. The van der Waals surface area contributed by atoms with Crippen LogP contribution in [0.5, 0.6) is 5.75 Å². The summed E-state index contributed by atoms with van der Waals surface area (Å²) in [5, 5.41) is 2.25. The van der Waals surface area contributed by atoms with Gasteiger partial charge in [0.1, 0.15) is 17.5 Å². The van der Waals surface area contributed by atoms with Gasteiger partial charge in [-0.3, -0.25) is 0 Å². The molecule has 0 unspecified atom stereocenters. The Hall–Kier alpha value is -2.57. The third kappa shape index (κ3) is 2.50. The van der Waals surface area contributed by atoms with Gasteiger partial charge in [-0.05, 0) is 11.5 Å². The Morgan fingerprint density at radius 3 is 2.71 bits per heavy atom. The van der Waals surface area contributed by atoms with Crippen LogP contribution in [0.2, 0.25) is 5.15 Å². The molecule has 118 valence electrons. The highest BCUT2D eigenvalue weighted by Gasteiger charge is 2.17. The van der Waals surface area contributed by atoms with E-state index in [2.05, 4.69) is 19.3 Å². The van der Waals surface area contributed by atoms with Crippen molar-refractivity contribution < 1.29 is 4.74 Å². The Morgan fingerprint density at radius 2 is 1.92 bits per heavy atom. The van der Waals surface area contributed by atoms with Gasteiger partial charge in [0.2, 0.25) is 0 Å². The molecule has 4 rings (SSSR count). The summed E-state index contributed by atoms with van der Waals surface area (Å²) in [6.45, 7) is 0. The number of hydrogen-bond donors (Lipinski definition) is 0. The van der Waals surface area contributed by atoms with Gasteiger partial charge in [-0.2, -0.15) is 4.37 Å². The van der Waals surface area contributed by atoms with Gasteiger partial charge in [-0.1, -0.05) is 41.9 Å². The molecular weight excluding hydrogens is 344 g/mol. The molecule has 0 saturated carbocycles. The monoisotopic (exact) mass is 354 g/mol. The number of halogens is 1. The van der Waals surface area contributed by atoms with Crippen LogP contribution in [0.15, 0.2) is 48.1 Å². The molecule has 1 aromatic carbocycles. The number of aromatic nitrogens is 4. The van der Waals surface area contributed by atoms with Gasteiger partial charge in [0.05, 0.1) is 18.3 Å². The maximum absolute atomic E-state index is 6.19. The lowest BCUT2D eigenvalue weighted by atomic mass is 10.1. The second kappa shape index (κ2) is 6.14. The predicted octanol–water partition coefficient (Wildman–Crippen LogP) is 4.48. The number of benzene rings is 1. The Kier molecular flexibility index (Phi) is 3.84. The molecule has 0 N–H and O–H groups in total. The van der Waals surface area contributed by atoms with Crippen molar-refractivity contribution in [3.63, 3.8) is 0 Å². The van der Waals surface area contributed by atoms with Gasteiger partial charge in [-0.25, -0.2) is 15.0 Å². The van der Waals surface area contributed by atoms with E-state index in [0.717, 1.165) is 16.8 Å². The van der Waals surface area contributed by atoms with Crippen molar-refractivity contribution in [2.24, 2.45) is 0 Å². The summed E-state index contributed by atoms with van der Waals surface area (Å²) in [7, 11) is 1.55. The highest BCUT2D eigenvalue weighted by atomic mass is 35.5. The number of hydrogen-bond acceptors (Lipinski definition) is 6. The zero-order chi connectivity index (χ0) is 16.5. The van der Waals surface area contributed by atoms with E-state index in [4.69, 9.17) is 16.3 Å². The molecule has 0 atom stereocenters. The van der Waals surface area contributed by atoms with E-state index in [1.54, 1.807) is 13.2 Å². The Balaban J connectivity index is 1.96. The van der Waals surface area contributed by atoms with E-state index in [9.17, 15) is 0 Å². The maximum atomic E-state index is 6.19. The molecule has 3 heterocycles. The molecule has 0 saturated heterocycles. The van der Waals surface area contributed by atoms with Gasteiger partial charge in [0, 0.05) is 22.6 Å². The topological polar surface area (TPSA) is 60.8 Å². The fourth-order valence-corrected chi connectivity index (χ4v) is 3.40. The summed E-state index contributed by atoms with van der Waals surface area (Å²) < 4.78 is 9.73. The maximum Gasteiger partial charge on any atom is 0.171 e. The molecule has 0 aliphatic heterocycles. The van der Waals surface area contributed by atoms with Crippen LogP contribution in [0.3, 0.4) is 0 Å². The molecule has 3 aromatic heterocycles. The van der Waals surface area contributed by atoms with E-state index >= 15 is 0 Å². The van der Waals surface area contributed by atoms with Crippen molar-refractivity contribution >= 4 is 34.2 Å². The number of fused-ring (bicyclic) bond motifs is 1. The quantitative estimate of drug-likeness (QED) is 0.508. The van der Waals surface area contributed by atoms with Crippen LogP contribution in [0, 0.1) is 0 Å². The molecule has 0 bridgehead atoms. The van der Waals surface area contributed by atoms with Gasteiger partial charge >= 0.3 is 0 Å². The van der Waals surface area contributed by atoms with E-state index in [1.165, 1.54) is 17.9 Å². The smallest absolute Gasteiger partial charge is 0.171 e. The molecule has 0 fully saturated rings. The molecule has 7 heteroatoms. The third-order valence-corrected chi connectivity index (χ3v) is 4.52. The number of ether oxygens (including phenoxy) is 1. The predicted molar refractivity (Wildman–Crippen MR) is 95.4 cm³/mol. The van der Waals surface area contributed by atoms with E-state index in [1.807, 2.05) is 35.7 Å². The lowest BCUT2D eigenvalue weighted by Gasteiger charge is -2.08. The summed E-state index contributed by atoms with van der Waals surface area (Å²) in [5.41, 5.74) is 4.81. The highest BCUT2D eigenvalue weighted by Crippen LogP contribution is 2.36. The Labute approximate surface area is 147 Å². The van der Waals surface area contributed by atoms with Crippen molar-refractivity contribution in [3.8, 4) is 28.3 Å². The van der Waals surface area contributed by atoms with Crippen LogP contribution >= 0.6 is 23.1 Å². The second-order valence-electron chi connectivity index (χ2n) is 5.01. The Morgan fingerprint density at radius 1 is 1.08 bits per heavy atom. The largest absolute Gasteiger partial charge is 0.493 e. The van der Waals surface area contributed by atoms with E-state index in [-0.39, 0.29) is 5.15 Å². The zero-order valence-electron chi connectivity index (χ0n) is 12.6. The molecule has 0 amide bonds. The van der Waals surface area contributed by atoms with Crippen LogP contribution < -0.4 is 4.74 Å². The molecule has 0 aliphatic rings.